The lowest BCUT2D eigenvalue weighted by molar-refractivity contribution is -0.117. The van der Waals surface area contributed by atoms with E-state index in [0.717, 1.165) is 18.4 Å². The molecule has 1 amide bonds. The Balaban J connectivity index is 2.60. The molecule has 1 rings (SSSR count). The van der Waals surface area contributed by atoms with Crippen molar-refractivity contribution in [2.24, 2.45) is 0 Å². The summed E-state index contributed by atoms with van der Waals surface area (Å²) < 4.78 is 0. The van der Waals surface area contributed by atoms with Gasteiger partial charge in [0.05, 0.1) is 12.6 Å². The fourth-order valence-corrected chi connectivity index (χ4v) is 1.16. The molecule has 0 bridgehead atoms. The van der Waals surface area contributed by atoms with Crippen LogP contribution >= 0.6 is 0 Å². The van der Waals surface area contributed by atoms with E-state index in [1.54, 1.807) is 6.20 Å². The third-order valence-electron chi connectivity index (χ3n) is 1.68. The summed E-state index contributed by atoms with van der Waals surface area (Å²) in [5.41, 5.74) is 1.14. The van der Waals surface area contributed by atoms with Gasteiger partial charge in [0.15, 0.2) is 0 Å². The zero-order valence-electron chi connectivity index (χ0n) is 5.95. The van der Waals surface area contributed by atoms with Gasteiger partial charge in [0.2, 0.25) is 6.41 Å². The second-order valence-corrected chi connectivity index (χ2v) is 2.57. The van der Waals surface area contributed by atoms with Gasteiger partial charge >= 0.3 is 0 Å². The van der Waals surface area contributed by atoms with E-state index in [0.29, 0.717) is 0 Å². The molecule has 0 unspecified atom stereocenters. The predicted molar refractivity (Wildman–Crippen MR) is 37.2 cm³/mol. The first-order chi connectivity index (χ1) is 4.77. The average Bonchev–Trinajstić information content (AvgIpc) is 2.30. The third kappa shape index (κ3) is 1.19. The van der Waals surface area contributed by atoms with Crippen LogP contribution in [0.2, 0.25) is 0 Å². The zero-order valence-corrected chi connectivity index (χ0v) is 5.95. The quantitative estimate of drug-likeness (QED) is 0.554. The molecule has 0 fully saturated rings. The highest BCUT2D eigenvalue weighted by Crippen LogP contribution is 2.18. The molecule has 0 aromatic heterocycles. The van der Waals surface area contributed by atoms with Crippen LogP contribution in [-0.4, -0.2) is 29.1 Å². The smallest absolute Gasteiger partial charge is 0.214 e. The van der Waals surface area contributed by atoms with Gasteiger partial charge in [0.25, 0.3) is 0 Å². The lowest BCUT2D eigenvalue weighted by Gasteiger charge is -2.15. The molecular weight excluding hydrogens is 130 g/mol. The third-order valence-corrected chi connectivity index (χ3v) is 1.68. The summed E-state index contributed by atoms with van der Waals surface area (Å²) in [5.74, 6) is 0. The van der Waals surface area contributed by atoms with E-state index in [9.17, 15) is 4.79 Å². The molecule has 3 nitrogen and oxygen atoms in total. The molecule has 0 aromatic carbocycles. The van der Waals surface area contributed by atoms with Gasteiger partial charge in [-0.3, -0.25) is 4.79 Å². The van der Waals surface area contributed by atoms with Crippen LogP contribution in [0.5, 0.6) is 0 Å². The Bertz CT molecular complexity index is 165. The number of nitrogens with zero attached hydrogens (tertiary/aromatic N) is 1. The topological polar surface area (TPSA) is 40.5 Å². The number of carbonyl (C=O) groups excluding carboxylic acids is 1. The minimum absolute atomic E-state index is 0.0162. The van der Waals surface area contributed by atoms with Crippen molar-refractivity contribution in [2.75, 3.05) is 6.61 Å². The Labute approximate surface area is 59.9 Å². The maximum absolute atomic E-state index is 10.3. The molecule has 1 N–H and O–H groups in total. The van der Waals surface area contributed by atoms with E-state index in [-0.39, 0.29) is 12.6 Å². The van der Waals surface area contributed by atoms with Crippen LogP contribution in [-0.2, 0) is 4.79 Å². The minimum atomic E-state index is -0.0162. The van der Waals surface area contributed by atoms with Crippen molar-refractivity contribution in [3.8, 4) is 0 Å². The van der Waals surface area contributed by atoms with E-state index >= 15 is 0 Å². The van der Waals surface area contributed by atoms with Gasteiger partial charge < -0.3 is 10.0 Å². The van der Waals surface area contributed by atoms with Crippen LogP contribution in [0.3, 0.4) is 0 Å². The van der Waals surface area contributed by atoms with E-state index < -0.39 is 0 Å². The normalized spacial score (nSPS) is 24.8. The summed E-state index contributed by atoms with van der Waals surface area (Å²) in [6, 6.07) is -0.0162. The second kappa shape index (κ2) is 2.84. The fraction of sp³-hybridized carbons (Fsp3) is 0.571. The number of aliphatic hydroxyl groups is 1. The summed E-state index contributed by atoms with van der Waals surface area (Å²) in [6.45, 7) is 2.00. The van der Waals surface area contributed by atoms with E-state index in [2.05, 4.69) is 0 Å². The second-order valence-electron chi connectivity index (χ2n) is 2.57. The van der Waals surface area contributed by atoms with Crippen molar-refractivity contribution >= 4 is 6.41 Å². The van der Waals surface area contributed by atoms with Gasteiger partial charge in [-0.15, -0.1) is 0 Å². The summed E-state index contributed by atoms with van der Waals surface area (Å²) in [4.78, 5) is 11.8. The summed E-state index contributed by atoms with van der Waals surface area (Å²) >= 11 is 0. The molecule has 0 saturated carbocycles. The molecule has 10 heavy (non-hydrogen) atoms. The molecule has 0 aromatic rings. The van der Waals surface area contributed by atoms with Crippen LogP contribution < -0.4 is 0 Å². The standard InChI is InChI=1S/C7H11NO2/c1-6-2-7(4-9)8(3-6)5-10/h3,5,7,9H,2,4H2,1H3/t7-/m0/s1. The number of hydrogen-bond donors (Lipinski definition) is 1. The van der Waals surface area contributed by atoms with Crippen molar-refractivity contribution in [2.45, 2.75) is 19.4 Å². The number of carbonyl (C=O) groups is 1. The monoisotopic (exact) mass is 141 g/mol. The Hall–Kier alpha value is -0.830. The number of amides is 1. The number of hydrogen-bond acceptors (Lipinski definition) is 2. The van der Waals surface area contributed by atoms with Gasteiger partial charge in [-0.1, -0.05) is 5.57 Å². The average molecular weight is 141 g/mol. The lowest BCUT2D eigenvalue weighted by atomic mass is 10.2. The van der Waals surface area contributed by atoms with E-state index in [4.69, 9.17) is 5.11 Å². The van der Waals surface area contributed by atoms with Gasteiger partial charge in [0.1, 0.15) is 0 Å². The lowest BCUT2D eigenvalue weighted by Crippen LogP contribution is -2.28. The van der Waals surface area contributed by atoms with Gasteiger partial charge in [-0.2, -0.15) is 0 Å². The molecule has 1 aliphatic rings. The zero-order chi connectivity index (χ0) is 7.56. The molecule has 1 heterocycles. The van der Waals surface area contributed by atoms with Crippen LogP contribution in [0.4, 0.5) is 0 Å². The Morgan fingerprint density at radius 3 is 3.10 bits per heavy atom. The molecule has 0 radical (unpaired) electrons. The van der Waals surface area contributed by atoms with Crippen molar-refractivity contribution in [1.82, 2.24) is 4.90 Å². The molecule has 3 heteroatoms. The van der Waals surface area contributed by atoms with E-state index in [1.807, 2.05) is 6.92 Å². The summed E-state index contributed by atoms with van der Waals surface area (Å²) in [7, 11) is 0. The van der Waals surface area contributed by atoms with Crippen molar-refractivity contribution in [3.63, 3.8) is 0 Å². The van der Waals surface area contributed by atoms with Crippen LogP contribution in [0, 0.1) is 0 Å². The molecular formula is C7H11NO2. The van der Waals surface area contributed by atoms with Gasteiger partial charge in [-0.05, 0) is 13.3 Å². The highest BCUT2D eigenvalue weighted by Gasteiger charge is 2.20. The van der Waals surface area contributed by atoms with Crippen molar-refractivity contribution in [1.29, 1.82) is 0 Å². The van der Waals surface area contributed by atoms with Crippen LogP contribution in [0.25, 0.3) is 0 Å². The molecule has 1 atom stereocenters. The maximum Gasteiger partial charge on any atom is 0.214 e. The number of rotatable bonds is 2. The Morgan fingerprint density at radius 1 is 2.00 bits per heavy atom. The molecule has 0 saturated heterocycles. The summed E-state index contributed by atoms with van der Waals surface area (Å²) in [5, 5.41) is 8.75. The molecule has 0 spiro atoms. The molecule has 1 aliphatic heterocycles. The predicted octanol–water partition coefficient (Wildman–Crippen LogP) is 0.113. The first kappa shape index (κ1) is 7.28. The molecule has 0 aliphatic carbocycles. The Kier molecular flexibility index (Phi) is 2.06. The Morgan fingerprint density at radius 2 is 2.70 bits per heavy atom. The fourth-order valence-electron chi connectivity index (χ4n) is 1.16. The van der Waals surface area contributed by atoms with Gasteiger partial charge in [-0.25, -0.2) is 0 Å². The highest BCUT2D eigenvalue weighted by molar-refractivity contribution is 5.51. The first-order valence-corrected chi connectivity index (χ1v) is 3.29. The van der Waals surface area contributed by atoms with E-state index in [1.165, 1.54) is 4.90 Å². The molecule has 56 valence electrons. The van der Waals surface area contributed by atoms with Crippen LogP contribution in [0.1, 0.15) is 13.3 Å². The maximum atomic E-state index is 10.3. The number of aliphatic hydroxyl groups excluding tert-OH is 1. The minimum Gasteiger partial charge on any atom is -0.394 e. The van der Waals surface area contributed by atoms with Crippen LogP contribution in [0.15, 0.2) is 11.8 Å². The highest BCUT2D eigenvalue weighted by atomic mass is 16.3. The SMILES string of the molecule is CC1=CN(C=O)[C@H](CO)C1. The first-order valence-electron chi connectivity index (χ1n) is 3.29. The largest absolute Gasteiger partial charge is 0.394 e. The van der Waals surface area contributed by atoms with Gasteiger partial charge in [0, 0.05) is 6.20 Å². The van der Waals surface area contributed by atoms with Crippen molar-refractivity contribution in [3.05, 3.63) is 11.8 Å². The summed E-state index contributed by atoms with van der Waals surface area (Å²) in [6.07, 6.45) is 3.32. The van der Waals surface area contributed by atoms with Crippen molar-refractivity contribution < 1.29 is 9.90 Å².